The van der Waals surface area contributed by atoms with E-state index in [0.29, 0.717) is 17.8 Å². The standard InChI is InChI=1S/C15H27N3O/c1-14(2,3)12-6-5-8-15(19,9-7-12)10-13-16-11-17-18(13)4/h11-12,19H,5-10H2,1-4H3. The van der Waals surface area contributed by atoms with Crippen LogP contribution in [0, 0.1) is 11.3 Å². The molecule has 1 aromatic rings. The van der Waals surface area contributed by atoms with E-state index in [4.69, 9.17) is 0 Å². The van der Waals surface area contributed by atoms with Crippen molar-refractivity contribution >= 4 is 0 Å². The molecule has 0 amide bonds. The highest BCUT2D eigenvalue weighted by Gasteiger charge is 2.35. The van der Waals surface area contributed by atoms with Crippen molar-refractivity contribution in [1.29, 1.82) is 0 Å². The van der Waals surface area contributed by atoms with E-state index in [-0.39, 0.29) is 0 Å². The summed E-state index contributed by atoms with van der Waals surface area (Å²) in [4.78, 5) is 4.25. The molecule has 19 heavy (non-hydrogen) atoms. The molecule has 1 aliphatic carbocycles. The van der Waals surface area contributed by atoms with Crippen LogP contribution in [0.1, 0.15) is 58.7 Å². The number of hydrogen-bond donors (Lipinski definition) is 1. The number of nitrogens with zero attached hydrogens (tertiary/aromatic N) is 3. The average Bonchev–Trinajstić information content (AvgIpc) is 2.58. The Morgan fingerprint density at radius 2 is 2.11 bits per heavy atom. The molecule has 1 N–H and O–H groups in total. The summed E-state index contributed by atoms with van der Waals surface area (Å²) in [6.45, 7) is 6.93. The molecule has 1 saturated carbocycles. The van der Waals surface area contributed by atoms with Crippen molar-refractivity contribution < 1.29 is 5.11 Å². The fraction of sp³-hybridized carbons (Fsp3) is 0.867. The predicted molar refractivity (Wildman–Crippen MR) is 75.7 cm³/mol. The lowest BCUT2D eigenvalue weighted by Crippen LogP contribution is -2.32. The lowest BCUT2D eigenvalue weighted by Gasteiger charge is -2.30. The zero-order chi connectivity index (χ0) is 14.1. The summed E-state index contributed by atoms with van der Waals surface area (Å²) in [6, 6.07) is 0. The van der Waals surface area contributed by atoms with Gasteiger partial charge in [0.1, 0.15) is 12.2 Å². The van der Waals surface area contributed by atoms with Crippen LogP contribution < -0.4 is 0 Å². The molecule has 0 aromatic carbocycles. The molecule has 108 valence electrons. The maximum Gasteiger partial charge on any atom is 0.138 e. The monoisotopic (exact) mass is 265 g/mol. The first-order valence-corrected chi connectivity index (χ1v) is 7.35. The van der Waals surface area contributed by atoms with E-state index in [1.54, 1.807) is 11.0 Å². The first kappa shape index (κ1) is 14.5. The molecule has 1 fully saturated rings. The van der Waals surface area contributed by atoms with E-state index in [1.807, 2.05) is 7.05 Å². The summed E-state index contributed by atoms with van der Waals surface area (Å²) in [5.74, 6) is 1.60. The molecule has 4 nitrogen and oxygen atoms in total. The number of aryl methyl sites for hydroxylation is 1. The van der Waals surface area contributed by atoms with Crippen LogP contribution in [0.15, 0.2) is 6.33 Å². The second kappa shape index (κ2) is 5.23. The molecular weight excluding hydrogens is 238 g/mol. The van der Waals surface area contributed by atoms with E-state index < -0.39 is 5.60 Å². The van der Waals surface area contributed by atoms with Crippen molar-refractivity contribution in [2.24, 2.45) is 18.4 Å². The van der Waals surface area contributed by atoms with Gasteiger partial charge in [0.05, 0.1) is 5.60 Å². The molecule has 0 spiro atoms. The van der Waals surface area contributed by atoms with Crippen LogP contribution in [0.3, 0.4) is 0 Å². The Hall–Kier alpha value is -0.900. The predicted octanol–water partition coefficient (Wildman–Crippen LogP) is 2.72. The van der Waals surface area contributed by atoms with Crippen LogP contribution in [0.4, 0.5) is 0 Å². The Morgan fingerprint density at radius 3 is 2.68 bits per heavy atom. The van der Waals surface area contributed by atoms with E-state index >= 15 is 0 Å². The SMILES string of the molecule is Cn1ncnc1CC1(O)CCCC(C(C)(C)C)CC1. The van der Waals surface area contributed by atoms with Gasteiger partial charge in [-0.2, -0.15) is 5.10 Å². The van der Waals surface area contributed by atoms with Gasteiger partial charge in [0, 0.05) is 13.5 Å². The molecule has 1 aliphatic rings. The average molecular weight is 265 g/mol. The van der Waals surface area contributed by atoms with E-state index in [2.05, 4.69) is 30.9 Å². The van der Waals surface area contributed by atoms with Gasteiger partial charge >= 0.3 is 0 Å². The molecule has 0 aliphatic heterocycles. The summed E-state index contributed by atoms with van der Waals surface area (Å²) in [5.41, 5.74) is -0.253. The van der Waals surface area contributed by atoms with E-state index in [1.165, 1.54) is 6.42 Å². The molecule has 0 saturated heterocycles. The topological polar surface area (TPSA) is 50.9 Å². The Morgan fingerprint density at radius 1 is 1.37 bits per heavy atom. The smallest absolute Gasteiger partial charge is 0.138 e. The summed E-state index contributed by atoms with van der Waals surface area (Å²) in [6.07, 6.45) is 7.39. The van der Waals surface area contributed by atoms with Gasteiger partial charge < -0.3 is 5.11 Å². The fourth-order valence-electron chi connectivity index (χ4n) is 3.21. The zero-order valence-electron chi connectivity index (χ0n) is 12.7. The normalized spacial score (nSPS) is 29.2. The summed E-state index contributed by atoms with van der Waals surface area (Å²) >= 11 is 0. The summed E-state index contributed by atoms with van der Waals surface area (Å²) in [5, 5.41) is 14.9. The first-order valence-electron chi connectivity index (χ1n) is 7.35. The molecule has 2 rings (SSSR count). The second-order valence-corrected chi connectivity index (χ2v) is 7.19. The highest BCUT2D eigenvalue weighted by atomic mass is 16.3. The molecule has 2 atom stereocenters. The minimum Gasteiger partial charge on any atom is -0.389 e. The molecule has 0 bridgehead atoms. The van der Waals surface area contributed by atoms with Gasteiger partial charge in [-0.15, -0.1) is 0 Å². The third-order valence-electron chi connectivity index (χ3n) is 4.67. The van der Waals surface area contributed by atoms with Gasteiger partial charge in [-0.1, -0.05) is 27.2 Å². The van der Waals surface area contributed by atoms with Crippen molar-refractivity contribution in [2.75, 3.05) is 0 Å². The van der Waals surface area contributed by atoms with Crippen LogP contribution in [-0.2, 0) is 13.5 Å². The Labute approximate surface area is 116 Å². The van der Waals surface area contributed by atoms with Gasteiger partial charge in [-0.3, -0.25) is 4.68 Å². The highest BCUT2D eigenvalue weighted by molar-refractivity contribution is 4.96. The van der Waals surface area contributed by atoms with Crippen molar-refractivity contribution in [3.05, 3.63) is 12.2 Å². The van der Waals surface area contributed by atoms with Crippen LogP contribution in [-0.4, -0.2) is 25.5 Å². The van der Waals surface area contributed by atoms with Crippen molar-refractivity contribution in [3.63, 3.8) is 0 Å². The number of aromatic nitrogens is 3. The van der Waals surface area contributed by atoms with Crippen LogP contribution in [0.5, 0.6) is 0 Å². The third-order valence-corrected chi connectivity index (χ3v) is 4.67. The van der Waals surface area contributed by atoms with Gasteiger partial charge in [0.25, 0.3) is 0 Å². The lowest BCUT2D eigenvalue weighted by atomic mass is 9.76. The van der Waals surface area contributed by atoms with Crippen molar-refractivity contribution in [1.82, 2.24) is 14.8 Å². The van der Waals surface area contributed by atoms with Crippen molar-refractivity contribution in [3.8, 4) is 0 Å². The van der Waals surface area contributed by atoms with Crippen molar-refractivity contribution in [2.45, 2.75) is 64.9 Å². The number of rotatable bonds is 2. The summed E-state index contributed by atoms with van der Waals surface area (Å²) in [7, 11) is 1.89. The molecule has 1 heterocycles. The molecule has 2 unspecified atom stereocenters. The minimum atomic E-state index is -0.596. The maximum atomic E-state index is 10.8. The van der Waals surface area contributed by atoms with E-state index in [0.717, 1.165) is 31.5 Å². The van der Waals surface area contributed by atoms with E-state index in [9.17, 15) is 5.11 Å². The molecule has 1 aromatic heterocycles. The molecular formula is C15H27N3O. The minimum absolute atomic E-state index is 0.343. The number of aliphatic hydroxyl groups is 1. The Balaban J connectivity index is 2.03. The largest absolute Gasteiger partial charge is 0.389 e. The quantitative estimate of drug-likeness (QED) is 0.836. The first-order chi connectivity index (χ1) is 8.80. The maximum absolute atomic E-state index is 10.8. The fourth-order valence-corrected chi connectivity index (χ4v) is 3.21. The second-order valence-electron chi connectivity index (χ2n) is 7.19. The van der Waals surface area contributed by atoms with Crippen LogP contribution >= 0.6 is 0 Å². The van der Waals surface area contributed by atoms with Gasteiger partial charge in [-0.05, 0) is 37.0 Å². The van der Waals surface area contributed by atoms with Crippen LogP contribution in [0.2, 0.25) is 0 Å². The van der Waals surface area contributed by atoms with Gasteiger partial charge in [0.2, 0.25) is 0 Å². The van der Waals surface area contributed by atoms with Gasteiger partial charge in [0.15, 0.2) is 0 Å². The third kappa shape index (κ3) is 3.56. The molecule has 0 radical (unpaired) electrons. The zero-order valence-corrected chi connectivity index (χ0v) is 12.7. The molecule has 4 heteroatoms. The highest BCUT2D eigenvalue weighted by Crippen LogP contribution is 2.40. The Bertz CT molecular complexity index is 421. The van der Waals surface area contributed by atoms with Crippen LogP contribution in [0.25, 0.3) is 0 Å². The summed E-state index contributed by atoms with van der Waals surface area (Å²) < 4.78 is 1.77. The van der Waals surface area contributed by atoms with Gasteiger partial charge in [-0.25, -0.2) is 4.98 Å². The lowest BCUT2D eigenvalue weighted by molar-refractivity contribution is 0.0199. The Kier molecular flexibility index (Phi) is 4.00. The number of hydrogen-bond acceptors (Lipinski definition) is 3.